The summed E-state index contributed by atoms with van der Waals surface area (Å²) in [7, 11) is 0. The molecular formula is C8H14CuO4. The number of hydrogen-bond donors (Lipinski definition) is 1. The molecule has 4 nitrogen and oxygen atoms in total. The monoisotopic (exact) mass is 237 g/mol. The fourth-order valence-electron chi connectivity index (χ4n) is 0.672. The molecule has 0 fully saturated rings. The number of ether oxygens (including phenoxy) is 1. The summed E-state index contributed by atoms with van der Waals surface area (Å²) < 4.78 is 4.74. The molecule has 0 aliphatic heterocycles. The molecule has 0 saturated heterocycles. The van der Waals surface area contributed by atoms with Crippen LogP contribution in [-0.2, 0) is 31.4 Å². The molecule has 0 amide bonds. The number of carbonyl (C=O) groups excluding carboxylic acids is 1. The summed E-state index contributed by atoms with van der Waals surface area (Å²) >= 11 is 0. The van der Waals surface area contributed by atoms with Crippen LogP contribution in [0.1, 0.15) is 32.6 Å². The van der Waals surface area contributed by atoms with E-state index in [1.165, 1.54) is 0 Å². The van der Waals surface area contributed by atoms with Crippen LogP contribution in [0, 0.1) is 0 Å². The Morgan fingerprint density at radius 2 is 1.92 bits per heavy atom. The van der Waals surface area contributed by atoms with Gasteiger partial charge in [-0.2, -0.15) is 0 Å². The number of carbonyl (C=O) groups is 2. The van der Waals surface area contributed by atoms with Crippen molar-refractivity contribution < 1.29 is 36.5 Å². The molecule has 0 spiro atoms. The first-order valence-electron chi connectivity index (χ1n) is 4.04. The molecular weight excluding hydrogens is 224 g/mol. The predicted molar refractivity (Wildman–Crippen MR) is 42.7 cm³/mol. The first-order chi connectivity index (χ1) is 5.66. The summed E-state index contributed by atoms with van der Waals surface area (Å²) in [4.78, 5) is 20.8. The molecule has 0 aromatic rings. The third-order valence-corrected chi connectivity index (χ3v) is 1.24. The van der Waals surface area contributed by atoms with Gasteiger partial charge in [0.2, 0.25) is 0 Å². The van der Waals surface area contributed by atoms with Crippen LogP contribution in [0.2, 0.25) is 0 Å². The second kappa shape index (κ2) is 9.55. The molecule has 0 bridgehead atoms. The van der Waals surface area contributed by atoms with Crippen LogP contribution in [0.5, 0.6) is 0 Å². The van der Waals surface area contributed by atoms with Gasteiger partial charge in [-0.1, -0.05) is 6.92 Å². The van der Waals surface area contributed by atoms with Gasteiger partial charge in [-0.05, 0) is 12.8 Å². The van der Waals surface area contributed by atoms with Gasteiger partial charge in [-0.25, -0.2) is 0 Å². The second-order valence-electron chi connectivity index (χ2n) is 2.47. The van der Waals surface area contributed by atoms with E-state index in [2.05, 4.69) is 0 Å². The summed E-state index contributed by atoms with van der Waals surface area (Å²) in [6.07, 6.45) is 1.38. The van der Waals surface area contributed by atoms with E-state index in [0.29, 0.717) is 13.0 Å². The minimum Gasteiger partial charge on any atom is -0.481 e. The molecule has 0 aliphatic carbocycles. The van der Waals surface area contributed by atoms with Crippen LogP contribution in [0.15, 0.2) is 0 Å². The number of carboxylic acids is 1. The molecule has 0 rings (SSSR count). The molecule has 5 heteroatoms. The van der Waals surface area contributed by atoms with E-state index in [9.17, 15) is 9.59 Å². The quantitative estimate of drug-likeness (QED) is 0.557. The van der Waals surface area contributed by atoms with Crippen molar-refractivity contribution in [1.29, 1.82) is 0 Å². The van der Waals surface area contributed by atoms with E-state index in [1.807, 2.05) is 6.92 Å². The van der Waals surface area contributed by atoms with Gasteiger partial charge in [0, 0.05) is 29.9 Å². The number of aliphatic carboxylic acids is 1. The van der Waals surface area contributed by atoms with Crippen molar-refractivity contribution in [3.63, 3.8) is 0 Å². The normalized spacial score (nSPS) is 8.69. The minimum absolute atomic E-state index is 0. The zero-order valence-corrected chi connectivity index (χ0v) is 8.45. The van der Waals surface area contributed by atoms with Crippen LogP contribution in [0.4, 0.5) is 0 Å². The van der Waals surface area contributed by atoms with E-state index >= 15 is 0 Å². The first-order valence-corrected chi connectivity index (χ1v) is 4.04. The van der Waals surface area contributed by atoms with E-state index in [0.717, 1.165) is 6.42 Å². The van der Waals surface area contributed by atoms with Crippen molar-refractivity contribution in [2.45, 2.75) is 32.6 Å². The Morgan fingerprint density at radius 3 is 2.38 bits per heavy atom. The summed E-state index contributed by atoms with van der Waals surface area (Å²) in [5.41, 5.74) is 0. The molecule has 1 radical (unpaired) electrons. The van der Waals surface area contributed by atoms with Crippen LogP contribution in [0.25, 0.3) is 0 Å². The summed E-state index contributed by atoms with van der Waals surface area (Å²) in [5, 5.41) is 8.25. The van der Waals surface area contributed by atoms with Crippen LogP contribution >= 0.6 is 0 Å². The largest absolute Gasteiger partial charge is 0.481 e. The summed E-state index contributed by atoms with van der Waals surface area (Å²) in [6.45, 7) is 2.33. The Hall–Kier alpha value is -0.541. The molecule has 1 N–H and O–H groups in total. The van der Waals surface area contributed by atoms with Gasteiger partial charge < -0.3 is 9.84 Å². The fraction of sp³-hybridized carbons (Fsp3) is 0.750. The predicted octanol–water partition coefficient (Wildman–Crippen LogP) is 1.19. The zero-order valence-electron chi connectivity index (χ0n) is 7.51. The van der Waals surface area contributed by atoms with Gasteiger partial charge in [0.25, 0.3) is 0 Å². The van der Waals surface area contributed by atoms with Crippen LogP contribution in [0.3, 0.4) is 0 Å². The Morgan fingerprint density at radius 1 is 1.31 bits per heavy atom. The number of hydrogen-bond acceptors (Lipinski definition) is 3. The molecule has 0 saturated carbocycles. The van der Waals surface area contributed by atoms with Crippen LogP contribution < -0.4 is 0 Å². The SMILES string of the molecule is CCCOC(=O)CCCC(=O)O.[Cu]. The van der Waals surface area contributed by atoms with Gasteiger partial charge in [0.1, 0.15) is 0 Å². The molecule has 0 unspecified atom stereocenters. The Kier molecular flexibility index (Phi) is 11.0. The van der Waals surface area contributed by atoms with Crippen molar-refractivity contribution >= 4 is 11.9 Å². The molecule has 0 aromatic carbocycles. The van der Waals surface area contributed by atoms with Gasteiger partial charge in [-0.15, -0.1) is 0 Å². The Balaban J connectivity index is 0. The summed E-state index contributed by atoms with van der Waals surface area (Å²) in [6, 6.07) is 0. The average Bonchev–Trinajstić information content (AvgIpc) is 2.00. The molecule has 81 valence electrons. The molecule has 13 heavy (non-hydrogen) atoms. The van der Waals surface area contributed by atoms with E-state index < -0.39 is 5.97 Å². The third-order valence-electron chi connectivity index (χ3n) is 1.24. The number of esters is 1. The fourth-order valence-corrected chi connectivity index (χ4v) is 0.672. The molecule has 0 aromatic heterocycles. The zero-order chi connectivity index (χ0) is 9.40. The average molecular weight is 238 g/mol. The van der Waals surface area contributed by atoms with Crippen molar-refractivity contribution in [1.82, 2.24) is 0 Å². The van der Waals surface area contributed by atoms with E-state index in [-0.39, 0.29) is 35.9 Å². The van der Waals surface area contributed by atoms with Gasteiger partial charge in [0.15, 0.2) is 0 Å². The number of rotatable bonds is 6. The molecule has 0 aliphatic rings. The van der Waals surface area contributed by atoms with Crippen molar-refractivity contribution in [3.8, 4) is 0 Å². The maximum absolute atomic E-state index is 10.8. The number of carboxylic acid groups (broad SMARTS) is 1. The third kappa shape index (κ3) is 11.5. The maximum Gasteiger partial charge on any atom is 0.305 e. The van der Waals surface area contributed by atoms with Gasteiger partial charge in [-0.3, -0.25) is 9.59 Å². The smallest absolute Gasteiger partial charge is 0.305 e. The van der Waals surface area contributed by atoms with E-state index in [4.69, 9.17) is 9.84 Å². The van der Waals surface area contributed by atoms with Crippen molar-refractivity contribution in [2.24, 2.45) is 0 Å². The molecule has 0 atom stereocenters. The van der Waals surface area contributed by atoms with Gasteiger partial charge in [0.05, 0.1) is 6.61 Å². The Bertz CT molecular complexity index is 158. The van der Waals surface area contributed by atoms with Crippen molar-refractivity contribution in [2.75, 3.05) is 6.61 Å². The summed E-state index contributed by atoms with van der Waals surface area (Å²) in [5.74, 6) is -1.18. The van der Waals surface area contributed by atoms with Crippen LogP contribution in [-0.4, -0.2) is 23.7 Å². The minimum atomic E-state index is -0.877. The topological polar surface area (TPSA) is 63.6 Å². The first kappa shape index (κ1) is 15.0. The van der Waals surface area contributed by atoms with E-state index in [1.54, 1.807) is 0 Å². The van der Waals surface area contributed by atoms with Crippen molar-refractivity contribution in [3.05, 3.63) is 0 Å². The molecule has 0 heterocycles. The maximum atomic E-state index is 10.8. The van der Waals surface area contributed by atoms with Gasteiger partial charge >= 0.3 is 11.9 Å². The standard InChI is InChI=1S/C8H14O4.Cu/c1-2-6-12-8(11)5-3-4-7(9)10;/h2-6H2,1H3,(H,9,10);. The Labute approximate surface area is 88.1 Å². The second-order valence-corrected chi connectivity index (χ2v) is 2.47.